The predicted molar refractivity (Wildman–Crippen MR) is 86.4 cm³/mol. The van der Waals surface area contributed by atoms with Gasteiger partial charge < -0.3 is 5.32 Å². The molecule has 2 fully saturated rings. The largest absolute Gasteiger partial charge is 0.315 e. The molecule has 0 aromatic carbocycles. The zero-order chi connectivity index (χ0) is 14.7. The second-order valence-corrected chi connectivity index (χ2v) is 6.93. The van der Waals surface area contributed by atoms with E-state index < -0.39 is 0 Å². The Morgan fingerprint density at radius 1 is 1.19 bits per heavy atom. The molecule has 21 heavy (non-hydrogen) atoms. The molecule has 0 spiro atoms. The van der Waals surface area contributed by atoms with E-state index in [2.05, 4.69) is 28.6 Å². The van der Waals surface area contributed by atoms with Crippen molar-refractivity contribution in [2.45, 2.75) is 62.9 Å². The fourth-order valence-electron chi connectivity index (χ4n) is 4.59. The Morgan fingerprint density at radius 3 is 2.48 bits per heavy atom. The van der Waals surface area contributed by atoms with Gasteiger partial charge >= 0.3 is 0 Å². The quantitative estimate of drug-likeness (QED) is 0.903. The van der Waals surface area contributed by atoms with E-state index in [9.17, 15) is 0 Å². The molecule has 1 saturated carbocycles. The van der Waals surface area contributed by atoms with Crippen molar-refractivity contribution in [1.29, 1.82) is 0 Å². The van der Waals surface area contributed by atoms with Gasteiger partial charge in [0.25, 0.3) is 0 Å². The Kier molecular flexibility index (Phi) is 4.65. The Balaban J connectivity index is 1.79. The highest BCUT2D eigenvalue weighted by molar-refractivity contribution is 5.13. The van der Waals surface area contributed by atoms with Crippen molar-refractivity contribution < 1.29 is 0 Å². The lowest BCUT2D eigenvalue weighted by Crippen LogP contribution is -2.61. The molecule has 1 saturated heterocycles. The van der Waals surface area contributed by atoms with E-state index in [1.54, 1.807) is 0 Å². The van der Waals surface area contributed by atoms with E-state index >= 15 is 0 Å². The van der Waals surface area contributed by atoms with Crippen molar-refractivity contribution in [2.75, 3.05) is 20.1 Å². The number of nitrogens with zero attached hydrogens (tertiary/aromatic N) is 3. The molecule has 1 aliphatic heterocycles. The van der Waals surface area contributed by atoms with Crippen molar-refractivity contribution >= 4 is 0 Å². The minimum atomic E-state index is 0.380. The van der Waals surface area contributed by atoms with Crippen LogP contribution in [0.5, 0.6) is 0 Å². The van der Waals surface area contributed by atoms with Gasteiger partial charge in [0.1, 0.15) is 0 Å². The fourth-order valence-corrected chi connectivity index (χ4v) is 4.59. The van der Waals surface area contributed by atoms with Crippen LogP contribution >= 0.6 is 0 Å². The van der Waals surface area contributed by atoms with Crippen LogP contribution < -0.4 is 5.32 Å². The molecule has 2 aliphatic rings. The Bertz CT molecular complexity index is 441. The van der Waals surface area contributed by atoms with Crippen molar-refractivity contribution in [2.24, 2.45) is 7.05 Å². The Hall–Kier alpha value is -0.870. The molecule has 0 amide bonds. The van der Waals surface area contributed by atoms with Gasteiger partial charge in [-0.3, -0.25) is 9.58 Å². The average Bonchev–Trinajstić information content (AvgIpc) is 3.15. The first-order valence-corrected chi connectivity index (χ1v) is 8.64. The molecule has 2 heterocycles. The van der Waals surface area contributed by atoms with Gasteiger partial charge in [0, 0.05) is 24.8 Å². The second kappa shape index (κ2) is 6.49. The zero-order valence-corrected chi connectivity index (χ0v) is 13.6. The van der Waals surface area contributed by atoms with Gasteiger partial charge in [-0.05, 0) is 57.8 Å². The molecule has 1 aromatic heterocycles. The van der Waals surface area contributed by atoms with Crippen molar-refractivity contribution in [3.63, 3.8) is 0 Å². The lowest BCUT2D eigenvalue weighted by Gasteiger charge is -2.48. The van der Waals surface area contributed by atoms with E-state index in [0.717, 1.165) is 6.42 Å². The highest BCUT2D eigenvalue weighted by Gasteiger charge is 2.45. The van der Waals surface area contributed by atoms with Crippen LogP contribution in [0.1, 0.15) is 50.5 Å². The topological polar surface area (TPSA) is 33.1 Å². The third-order valence-electron chi connectivity index (χ3n) is 5.65. The van der Waals surface area contributed by atoms with E-state index in [4.69, 9.17) is 0 Å². The predicted octanol–water partition coefficient (Wildman–Crippen LogP) is 2.35. The molecular weight excluding hydrogens is 260 g/mol. The van der Waals surface area contributed by atoms with Crippen molar-refractivity contribution in [1.82, 2.24) is 20.0 Å². The minimum absolute atomic E-state index is 0.380. The summed E-state index contributed by atoms with van der Waals surface area (Å²) in [6, 6.07) is 0.544. The first-order chi connectivity index (χ1) is 10.2. The number of nitrogens with one attached hydrogen (secondary N) is 1. The molecule has 1 aromatic rings. The lowest BCUT2D eigenvalue weighted by atomic mass is 9.81. The highest BCUT2D eigenvalue weighted by atomic mass is 15.2. The number of rotatable bonds is 5. The number of aryl methyl sites for hydroxylation is 1. The van der Waals surface area contributed by atoms with E-state index in [1.807, 2.05) is 17.9 Å². The van der Waals surface area contributed by atoms with Crippen LogP contribution in [-0.2, 0) is 13.5 Å². The number of aromatic nitrogens is 2. The van der Waals surface area contributed by atoms with Crippen LogP contribution in [-0.4, -0.2) is 46.4 Å². The summed E-state index contributed by atoms with van der Waals surface area (Å²) < 4.78 is 1.92. The minimum Gasteiger partial charge on any atom is -0.315 e. The lowest BCUT2D eigenvalue weighted by molar-refractivity contribution is 0.0389. The third kappa shape index (κ3) is 3.02. The summed E-state index contributed by atoms with van der Waals surface area (Å²) in [4.78, 5) is 2.82. The summed E-state index contributed by atoms with van der Waals surface area (Å²) >= 11 is 0. The number of likely N-dealkylation sites (N-methyl/N-ethyl adjacent to an activating group) is 1. The summed E-state index contributed by atoms with van der Waals surface area (Å²) in [5.74, 6) is 0. The van der Waals surface area contributed by atoms with Crippen molar-refractivity contribution in [3.8, 4) is 0 Å². The van der Waals surface area contributed by atoms with Gasteiger partial charge in [-0.2, -0.15) is 5.10 Å². The highest BCUT2D eigenvalue weighted by Crippen LogP contribution is 2.40. The Labute approximate surface area is 128 Å². The van der Waals surface area contributed by atoms with Crippen LogP contribution in [0.3, 0.4) is 0 Å². The maximum atomic E-state index is 4.34. The first kappa shape index (κ1) is 15.0. The summed E-state index contributed by atoms with van der Waals surface area (Å²) in [6.07, 6.45) is 15.0. The van der Waals surface area contributed by atoms with E-state index in [1.165, 1.54) is 63.6 Å². The molecule has 3 rings (SSSR count). The van der Waals surface area contributed by atoms with Crippen LogP contribution in [0, 0.1) is 0 Å². The molecular formula is C17H30N4. The molecule has 0 bridgehead atoms. The standard InChI is InChI=1S/C17H30N4/c1-18-16(12-15-13-19-20(2)14-15)17(8-4-5-9-17)21-10-6-3-7-11-21/h13-14,16,18H,3-12H2,1-2H3. The van der Waals surface area contributed by atoms with Gasteiger partial charge in [0.05, 0.1) is 6.20 Å². The van der Waals surface area contributed by atoms with Crippen LogP contribution in [0.2, 0.25) is 0 Å². The molecule has 1 N–H and O–H groups in total. The SMILES string of the molecule is CNC(Cc1cnn(C)c1)C1(N2CCCCC2)CCCC1. The molecule has 4 heteroatoms. The maximum Gasteiger partial charge on any atom is 0.0522 e. The summed E-state index contributed by atoms with van der Waals surface area (Å²) in [5.41, 5.74) is 1.74. The molecule has 1 atom stereocenters. The van der Waals surface area contributed by atoms with E-state index in [-0.39, 0.29) is 0 Å². The van der Waals surface area contributed by atoms with Crippen LogP contribution in [0.15, 0.2) is 12.4 Å². The monoisotopic (exact) mass is 290 g/mol. The van der Waals surface area contributed by atoms with Crippen molar-refractivity contribution in [3.05, 3.63) is 18.0 Å². The summed E-state index contributed by atoms with van der Waals surface area (Å²) in [5, 5.41) is 8.00. The number of hydrogen-bond acceptors (Lipinski definition) is 3. The molecule has 1 aliphatic carbocycles. The summed E-state index contributed by atoms with van der Waals surface area (Å²) in [7, 11) is 4.15. The fraction of sp³-hybridized carbons (Fsp3) is 0.824. The Morgan fingerprint density at radius 2 is 1.90 bits per heavy atom. The second-order valence-electron chi connectivity index (χ2n) is 6.93. The molecule has 1 unspecified atom stereocenters. The number of piperidine rings is 1. The third-order valence-corrected chi connectivity index (χ3v) is 5.65. The summed E-state index contributed by atoms with van der Waals surface area (Å²) in [6.45, 7) is 2.59. The average molecular weight is 290 g/mol. The van der Waals surface area contributed by atoms with Crippen LogP contribution in [0.4, 0.5) is 0 Å². The van der Waals surface area contributed by atoms with Gasteiger partial charge in [-0.15, -0.1) is 0 Å². The molecule has 4 nitrogen and oxygen atoms in total. The molecule has 0 radical (unpaired) electrons. The van der Waals surface area contributed by atoms with Crippen LogP contribution in [0.25, 0.3) is 0 Å². The molecule has 118 valence electrons. The first-order valence-electron chi connectivity index (χ1n) is 8.64. The van der Waals surface area contributed by atoms with Gasteiger partial charge in [0.15, 0.2) is 0 Å². The smallest absolute Gasteiger partial charge is 0.0522 e. The number of likely N-dealkylation sites (tertiary alicyclic amines) is 1. The normalized spacial score (nSPS) is 24.3. The number of hydrogen-bond donors (Lipinski definition) is 1. The van der Waals surface area contributed by atoms with Gasteiger partial charge in [-0.1, -0.05) is 19.3 Å². The van der Waals surface area contributed by atoms with E-state index in [0.29, 0.717) is 11.6 Å². The van der Waals surface area contributed by atoms with Gasteiger partial charge in [0.2, 0.25) is 0 Å². The maximum absolute atomic E-state index is 4.34. The van der Waals surface area contributed by atoms with Gasteiger partial charge in [-0.25, -0.2) is 0 Å². The zero-order valence-electron chi connectivity index (χ0n) is 13.6.